The monoisotopic (exact) mass is 250 g/mol. The molecule has 3 rings (SSSR count). The van der Waals surface area contributed by atoms with Crippen LogP contribution >= 0.6 is 11.3 Å². The summed E-state index contributed by atoms with van der Waals surface area (Å²) < 4.78 is 0. The maximum atomic E-state index is 3.85. The molecule has 3 atom stereocenters. The second kappa shape index (κ2) is 4.71. The van der Waals surface area contributed by atoms with Gasteiger partial charge in [-0.2, -0.15) is 0 Å². The van der Waals surface area contributed by atoms with Gasteiger partial charge in [0.25, 0.3) is 0 Å². The molecule has 0 aliphatic carbocycles. The lowest BCUT2D eigenvalue weighted by Crippen LogP contribution is -2.40. The van der Waals surface area contributed by atoms with Crippen molar-refractivity contribution in [2.75, 3.05) is 13.1 Å². The Morgan fingerprint density at radius 1 is 1.35 bits per heavy atom. The van der Waals surface area contributed by atoms with Crippen molar-refractivity contribution in [3.8, 4) is 0 Å². The zero-order chi connectivity index (χ0) is 11.8. The molecule has 1 N–H and O–H groups in total. The molecule has 0 aromatic carbocycles. The maximum Gasteiger partial charge on any atom is 0.0388 e. The molecule has 2 nitrogen and oxygen atoms in total. The lowest BCUT2D eigenvalue weighted by Gasteiger charge is -2.24. The number of hydrogen-bond donors (Lipinski definition) is 1. The molecule has 2 saturated heterocycles. The third-order valence-corrected chi connectivity index (χ3v) is 5.44. The van der Waals surface area contributed by atoms with E-state index in [-0.39, 0.29) is 0 Å². The predicted octanol–water partition coefficient (Wildman–Crippen LogP) is 2.94. The topological polar surface area (TPSA) is 15.3 Å². The van der Waals surface area contributed by atoms with E-state index in [0.29, 0.717) is 6.04 Å². The smallest absolute Gasteiger partial charge is 0.0388 e. The van der Waals surface area contributed by atoms with Crippen molar-refractivity contribution in [3.05, 3.63) is 21.9 Å². The van der Waals surface area contributed by atoms with Crippen LogP contribution < -0.4 is 5.32 Å². The number of nitrogens with one attached hydrogen (secondary N) is 1. The highest BCUT2D eigenvalue weighted by molar-refractivity contribution is 7.12. The van der Waals surface area contributed by atoms with Crippen LogP contribution in [0.15, 0.2) is 12.1 Å². The minimum atomic E-state index is 0.513. The molecule has 0 saturated carbocycles. The van der Waals surface area contributed by atoms with Crippen LogP contribution in [0.25, 0.3) is 0 Å². The SMILES string of the molecule is Cc1ccc(C(C)NC2CCN3CCCC23)s1. The van der Waals surface area contributed by atoms with Crippen LogP contribution in [0.1, 0.15) is 42.0 Å². The number of aryl methyl sites for hydroxylation is 1. The summed E-state index contributed by atoms with van der Waals surface area (Å²) in [6.45, 7) is 7.13. The van der Waals surface area contributed by atoms with Crippen molar-refractivity contribution in [1.29, 1.82) is 0 Å². The number of thiophene rings is 1. The largest absolute Gasteiger partial charge is 0.305 e. The van der Waals surface area contributed by atoms with Gasteiger partial charge in [0.05, 0.1) is 0 Å². The van der Waals surface area contributed by atoms with Crippen molar-refractivity contribution in [1.82, 2.24) is 10.2 Å². The van der Waals surface area contributed by atoms with Crippen molar-refractivity contribution in [2.24, 2.45) is 0 Å². The Hall–Kier alpha value is -0.380. The molecule has 17 heavy (non-hydrogen) atoms. The van der Waals surface area contributed by atoms with Gasteiger partial charge in [0.2, 0.25) is 0 Å². The first kappa shape index (κ1) is 11.7. The zero-order valence-corrected chi connectivity index (χ0v) is 11.6. The van der Waals surface area contributed by atoms with Crippen LogP contribution in [-0.2, 0) is 0 Å². The second-order valence-electron chi connectivity index (χ2n) is 5.48. The molecule has 1 aromatic heterocycles. The molecule has 0 radical (unpaired) electrons. The number of nitrogens with zero attached hydrogens (tertiary/aromatic N) is 1. The van der Waals surface area contributed by atoms with E-state index in [1.807, 2.05) is 11.3 Å². The average Bonchev–Trinajstić information content (AvgIpc) is 2.96. The molecular weight excluding hydrogens is 228 g/mol. The standard InChI is InChI=1S/C14H22N2S/c1-10-5-6-14(17-10)11(2)15-12-7-9-16-8-3-4-13(12)16/h5-6,11-13,15H,3-4,7-9H2,1-2H3. The van der Waals surface area contributed by atoms with E-state index in [2.05, 4.69) is 36.2 Å². The lowest BCUT2D eigenvalue weighted by atomic mass is 10.1. The van der Waals surface area contributed by atoms with Gasteiger partial charge in [0, 0.05) is 34.4 Å². The highest BCUT2D eigenvalue weighted by Crippen LogP contribution is 2.30. The van der Waals surface area contributed by atoms with Crippen LogP contribution in [0.5, 0.6) is 0 Å². The molecule has 0 bridgehead atoms. The maximum absolute atomic E-state index is 3.85. The lowest BCUT2D eigenvalue weighted by molar-refractivity contribution is 0.292. The first-order chi connectivity index (χ1) is 8.24. The Balaban J connectivity index is 1.63. The summed E-state index contributed by atoms with van der Waals surface area (Å²) in [4.78, 5) is 5.57. The fourth-order valence-corrected chi connectivity index (χ4v) is 4.26. The third-order valence-electron chi connectivity index (χ3n) is 4.26. The molecule has 3 heteroatoms. The van der Waals surface area contributed by atoms with E-state index in [9.17, 15) is 0 Å². The van der Waals surface area contributed by atoms with Gasteiger partial charge in [-0.15, -0.1) is 11.3 Å². The van der Waals surface area contributed by atoms with Crippen molar-refractivity contribution >= 4 is 11.3 Å². The Bertz CT molecular complexity index is 387. The Morgan fingerprint density at radius 3 is 3.00 bits per heavy atom. The van der Waals surface area contributed by atoms with Crippen LogP contribution in [0.2, 0.25) is 0 Å². The van der Waals surface area contributed by atoms with E-state index in [1.165, 1.54) is 42.1 Å². The highest BCUT2D eigenvalue weighted by atomic mass is 32.1. The fraction of sp³-hybridized carbons (Fsp3) is 0.714. The average molecular weight is 250 g/mol. The Labute approximate surface area is 108 Å². The highest BCUT2D eigenvalue weighted by Gasteiger charge is 2.37. The van der Waals surface area contributed by atoms with E-state index >= 15 is 0 Å². The van der Waals surface area contributed by atoms with Gasteiger partial charge < -0.3 is 5.32 Å². The van der Waals surface area contributed by atoms with E-state index < -0.39 is 0 Å². The summed E-state index contributed by atoms with van der Waals surface area (Å²) >= 11 is 1.93. The molecule has 2 aliphatic rings. The van der Waals surface area contributed by atoms with Crippen molar-refractivity contribution in [3.63, 3.8) is 0 Å². The summed E-state index contributed by atoms with van der Waals surface area (Å²) in [6, 6.07) is 6.56. The summed E-state index contributed by atoms with van der Waals surface area (Å²) in [5.41, 5.74) is 0. The molecule has 0 spiro atoms. The van der Waals surface area contributed by atoms with E-state index in [1.54, 1.807) is 0 Å². The molecule has 1 aromatic rings. The first-order valence-corrected chi connectivity index (χ1v) is 7.62. The molecule has 2 aliphatic heterocycles. The third kappa shape index (κ3) is 2.28. The molecule has 3 heterocycles. The minimum Gasteiger partial charge on any atom is -0.305 e. The predicted molar refractivity (Wildman–Crippen MR) is 73.6 cm³/mol. The van der Waals surface area contributed by atoms with Crippen LogP contribution in [0.4, 0.5) is 0 Å². The van der Waals surface area contributed by atoms with E-state index in [4.69, 9.17) is 0 Å². The summed E-state index contributed by atoms with van der Waals surface area (Å²) in [5, 5.41) is 3.85. The van der Waals surface area contributed by atoms with Gasteiger partial charge in [-0.25, -0.2) is 0 Å². The first-order valence-electron chi connectivity index (χ1n) is 6.80. The second-order valence-corrected chi connectivity index (χ2v) is 6.80. The Kier molecular flexibility index (Phi) is 3.24. The summed E-state index contributed by atoms with van der Waals surface area (Å²) in [7, 11) is 0. The number of hydrogen-bond acceptors (Lipinski definition) is 3. The van der Waals surface area contributed by atoms with Crippen molar-refractivity contribution < 1.29 is 0 Å². The summed E-state index contributed by atoms with van der Waals surface area (Å²) in [6.07, 6.45) is 4.13. The normalized spacial score (nSPS) is 30.7. The molecule has 0 amide bonds. The molecule has 2 fully saturated rings. The van der Waals surface area contributed by atoms with Crippen LogP contribution in [0, 0.1) is 6.92 Å². The number of fused-ring (bicyclic) bond motifs is 1. The van der Waals surface area contributed by atoms with Gasteiger partial charge >= 0.3 is 0 Å². The van der Waals surface area contributed by atoms with Gasteiger partial charge in [-0.1, -0.05) is 0 Å². The fourth-order valence-electron chi connectivity index (χ4n) is 3.37. The number of rotatable bonds is 3. The van der Waals surface area contributed by atoms with Gasteiger partial charge in [0.15, 0.2) is 0 Å². The van der Waals surface area contributed by atoms with Gasteiger partial charge in [0.1, 0.15) is 0 Å². The molecule has 94 valence electrons. The van der Waals surface area contributed by atoms with Crippen LogP contribution in [0.3, 0.4) is 0 Å². The molecule has 3 unspecified atom stereocenters. The van der Waals surface area contributed by atoms with E-state index in [0.717, 1.165) is 12.1 Å². The molecular formula is C14H22N2S. The Morgan fingerprint density at radius 2 is 2.24 bits per heavy atom. The zero-order valence-electron chi connectivity index (χ0n) is 10.8. The quantitative estimate of drug-likeness (QED) is 0.887. The van der Waals surface area contributed by atoms with Crippen LogP contribution in [-0.4, -0.2) is 30.1 Å². The van der Waals surface area contributed by atoms with Crippen molar-refractivity contribution in [2.45, 2.75) is 51.2 Å². The summed E-state index contributed by atoms with van der Waals surface area (Å²) in [5.74, 6) is 0. The van der Waals surface area contributed by atoms with Gasteiger partial charge in [-0.05, 0) is 51.8 Å². The minimum absolute atomic E-state index is 0.513. The van der Waals surface area contributed by atoms with Gasteiger partial charge in [-0.3, -0.25) is 4.90 Å².